The Morgan fingerprint density at radius 2 is 2.04 bits per heavy atom. The van der Waals surface area contributed by atoms with Crippen LogP contribution in [0, 0.1) is 0 Å². The molecule has 4 heteroatoms. The van der Waals surface area contributed by atoms with Crippen LogP contribution in [0.2, 0.25) is 0 Å². The van der Waals surface area contributed by atoms with Gasteiger partial charge in [0.05, 0.1) is 0 Å². The van der Waals surface area contributed by atoms with E-state index in [4.69, 9.17) is 4.42 Å². The van der Waals surface area contributed by atoms with Crippen molar-refractivity contribution >= 4 is 11.0 Å². The van der Waals surface area contributed by atoms with Gasteiger partial charge in [-0.3, -0.25) is 0 Å². The van der Waals surface area contributed by atoms with Crippen LogP contribution in [-0.2, 0) is 6.42 Å². The van der Waals surface area contributed by atoms with Crippen LogP contribution < -0.4 is 0 Å². The van der Waals surface area contributed by atoms with Gasteiger partial charge < -0.3 is 9.32 Å². The molecular formula is C19H21N3O. The summed E-state index contributed by atoms with van der Waals surface area (Å²) in [6.07, 6.45) is 8.85. The molecule has 0 radical (unpaired) electrons. The first-order chi connectivity index (χ1) is 11.3. The summed E-state index contributed by atoms with van der Waals surface area (Å²) < 4.78 is 6.00. The van der Waals surface area contributed by atoms with Gasteiger partial charge >= 0.3 is 0 Å². The second-order valence-electron chi connectivity index (χ2n) is 6.37. The second-order valence-corrected chi connectivity index (χ2v) is 6.37. The predicted octanol–water partition coefficient (Wildman–Crippen LogP) is 3.92. The van der Waals surface area contributed by atoms with Gasteiger partial charge in [-0.2, -0.15) is 0 Å². The van der Waals surface area contributed by atoms with E-state index in [2.05, 4.69) is 40.0 Å². The highest BCUT2D eigenvalue weighted by molar-refractivity contribution is 5.83. The van der Waals surface area contributed by atoms with Gasteiger partial charge in [0, 0.05) is 42.4 Å². The number of fused-ring (bicyclic) bond motifs is 1. The first kappa shape index (κ1) is 14.4. The minimum absolute atomic E-state index is 0.712. The van der Waals surface area contributed by atoms with Crippen LogP contribution in [-0.4, -0.2) is 34.0 Å². The molecule has 4 rings (SSSR count). The van der Waals surface area contributed by atoms with Gasteiger partial charge in [0.1, 0.15) is 17.7 Å². The van der Waals surface area contributed by atoms with Gasteiger partial charge in [-0.15, -0.1) is 0 Å². The lowest BCUT2D eigenvalue weighted by atomic mass is 10.1. The Hall–Kier alpha value is -2.20. The zero-order valence-corrected chi connectivity index (χ0v) is 13.4. The third kappa shape index (κ3) is 2.99. The molecule has 0 unspecified atom stereocenters. The number of benzene rings is 1. The van der Waals surface area contributed by atoms with Crippen molar-refractivity contribution in [2.75, 3.05) is 13.1 Å². The summed E-state index contributed by atoms with van der Waals surface area (Å²) in [5.74, 6) is 1.07. The van der Waals surface area contributed by atoms with E-state index in [0.717, 1.165) is 40.8 Å². The van der Waals surface area contributed by atoms with Crippen LogP contribution in [0.3, 0.4) is 0 Å². The number of hydrogen-bond donors (Lipinski definition) is 0. The Bertz CT molecular complexity index is 797. The molecule has 2 aromatic heterocycles. The maximum atomic E-state index is 6.00. The Balaban J connectivity index is 1.54. The molecule has 0 aliphatic carbocycles. The topological polar surface area (TPSA) is 42.2 Å². The number of furan rings is 1. The van der Waals surface area contributed by atoms with E-state index < -0.39 is 0 Å². The molecule has 1 aromatic carbocycles. The standard InChI is InChI=1S/C19H21N3O/c1-14-3-2-7-22(14)8-6-18-10-16-9-15(4-5-19(16)23-18)17-11-20-13-21-12-17/h4-5,9-14H,2-3,6-8H2,1H3/t14-/m1/s1. The number of nitrogens with zero attached hydrogens (tertiary/aromatic N) is 3. The molecule has 1 aliphatic rings. The summed E-state index contributed by atoms with van der Waals surface area (Å²) in [5, 5.41) is 1.15. The fraction of sp³-hybridized carbons (Fsp3) is 0.368. The summed E-state index contributed by atoms with van der Waals surface area (Å²) in [6, 6.07) is 9.14. The Morgan fingerprint density at radius 1 is 1.17 bits per heavy atom. The van der Waals surface area contributed by atoms with Crippen molar-refractivity contribution in [3.05, 3.63) is 48.7 Å². The summed E-state index contributed by atoms with van der Waals surface area (Å²) in [5.41, 5.74) is 3.11. The number of hydrogen-bond acceptors (Lipinski definition) is 4. The fourth-order valence-corrected chi connectivity index (χ4v) is 3.43. The zero-order chi connectivity index (χ0) is 15.6. The summed E-state index contributed by atoms with van der Waals surface area (Å²) in [4.78, 5) is 10.7. The quantitative estimate of drug-likeness (QED) is 0.732. The molecule has 0 bridgehead atoms. The smallest absolute Gasteiger partial charge is 0.134 e. The van der Waals surface area contributed by atoms with Crippen LogP contribution in [0.5, 0.6) is 0 Å². The van der Waals surface area contributed by atoms with E-state index in [1.807, 2.05) is 18.5 Å². The van der Waals surface area contributed by atoms with E-state index >= 15 is 0 Å². The minimum Gasteiger partial charge on any atom is -0.461 e. The first-order valence-corrected chi connectivity index (χ1v) is 8.31. The van der Waals surface area contributed by atoms with Crippen molar-refractivity contribution < 1.29 is 4.42 Å². The molecule has 0 N–H and O–H groups in total. The normalized spacial score (nSPS) is 18.7. The highest BCUT2D eigenvalue weighted by Gasteiger charge is 2.20. The van der Waals surface area contributed by atoms with Gasteiger partial charge in [-0.1, -0.05) is 6.07 Å². The van der Waals surface area contributed by atoms with Crippen molar-refractivity contribution in [3.8, 4) is 11.1 Å². The lowest BCUT2D eigenvalue weighted by molar-refractivity contribution is 0.266. The van der Waals surface area contributed by atoms with Crippen LogP contribution in [0.15, 0.2) is 47.4 Å². The molecule has 1 saturated heterocycles. The molecule has 0 saturated carbocycles. The van der Waals surface area contributed by atoms with E-state index in [1.54, 1.807) is 6.33 Å². The average Bonchev–Trinajstić information content (AvgIpc) is 3.18. The third-order valence-corrected chi connectivity index (χ3v) is 4.80. The predicted molar refractivity (Wildman–Crippen MR) is 91.2 cm³/mol. The van der Waals surface area contributed by atoms with Gasteiger partial charge in [-0.25, -0.2) is 9.97 Å². The molecule has 3 aromatic rings. The Kier molecular flexibility index (Phi) is 3.83. The summed E-state index contributed by atoms with van der Waals surface area (Å²) in [7, 11) is 0. The molecule has 1 aliphatic heterocycles. The fourth-order valence-electron chi connectivity index (χ4n) is 3.43. The van der Waals surface area contributed by atoms with Crippen molar-refractivity contribution in [3.63, 3.8) is 0 Å². The number of aromatic nitrogens is 2. The van der Waals surface area contributed by atoms with Gasteiger partial charge in [-0.05, 0) is 50.1 Å². The van der Waals surface area contributed by atoms with Crippen molar-refractivity contribution in [1.82, 2.24) is 14.9 Å². The molecule has 3 heterocycles. The van der Waals surface area contributed by atoms with Crippen LogP contribution in [0.1, 0.15) is 25.5 Å². The average molecular weight is 307 g/mol. The molecular weight excluding hydrogens is 286 g/mol. The van der Waals surface area contributed by atoms with E-state index in [9.17, 15) is 0 Å². The lowest BCUT2D eigenvalue weighted by Crippen LogP contribution is -2.28. The van der Waals surface area contributed by atoms with E-state index in [-0.39, 0.29) is 0 Å². The molecule has 0 amide bonds. The largest absolute Gasteiger partial charge is 0.461 e. The summed E-state index contributed by atoms with van der Waals surface area (Å²) in [6.45, 7) is 4.62. The van der Waals surface area contributed by atoms with Crippen molar-refractivity contribution in [2.24, 2.45) is 0 Å². The van der Waals surface area contributed by atoms with Crippen molar-refractivity contribution in [1.29, 1.82) is 0 Å². The monoisotopic (exact) mass is 307 g/mol. The Labute approximate surface area is 136 Å². The van der Waals surface area contributed by atoms with Crippen LogP contribution >= 0.6 is 0 Å². The first-order valence-electron chi connectivity index (χ1n) is 8.31. The highest BCUT2D eigenvalue weighted by atomic mass is 16.3. The molecule has 23 heavy (non-hydrogen) atoms. The zero-order valence-electron chi connectivity index (χ0n) is 13.4. The minimum atomic E-state index is 0.712. The molecule has 4 nitrogen and oxygen atoms in total. The second kappa shape index (κ2) is 6.13. The number of likely N-dealkylation sites (tertiary alicyclic amines) is 1. The van der Waals surface area contributed by atoms with Crippen molar-refractivity contribution in [2.45, 2.75) is 32.2 Å². The third-order valence-electron chi connectivity index (χ3n) is 4.80. The maximum absolute atomic E-state index is 6.00. The van der Waals surface area contributed by atoms with Gasteiger partial charge in [0.2, 0.25) is 0 Å². The van der Waals surface area contributed by atoms with Crippen LogP contribution in [0.4, 0.5) is 0 Å². The van der Waals surface area contributed by atoms with E-state index in [1.165, 1.54) is 19.4 Å². The number of rotatable bonds is 4. The summed E-state index contributed by atoms with van der Waals surface area (Å²) >= 11 is 0. The van der Waals surface area contributed by atoms with Crippen LogP contribution in [0.25, 0.3) is 22.1 Å². The molecule has 118 valence electrons. The molecule has 0 spiro atoms. The lowest BCUT2D eigenvalue weighted by Gasteiger charge is -2.19. The molecule has 1 atom stereocenters. The highest BCUT2D eigenvalue weighted by Crippen LogP contribution is 2.26. The Morgan fingerprint density at radius 3 is 2.83 bits per heavy atom. The van der Waals surface area contributed by atoms with Gasteiger partial charge in [0.15, 0.2) is 0 Å². The molecule has 1 fully saturated rings. The SMILES string of the molecule is C[C@@H]1CCCN1CCc1cc2cc(-c3cncnc3)ccc2o1. The maximum Gasteiger partial charge on any atom is 0.134 e. The van der Waals surface area contributed by atoms with Gasteiger partial charge in [0.25, 0.3) is 0 Å². The van der Waals surface area contributed by atoms with E-state index in [0.29, 0.717) is 6.04 Å².